The predicted octanol–water partition coefficient (Wildman–Crippen LogP) is 1.69. The fourth-order valence-electron chi connectivity index (χ4n) is 1.95. The third-order valence-corrected chi connectivity index (χ3v) is 4.09. The summed E-state index contributed by atoms with van der Waals surface area (Å²) in [6.07, 6.45) is 2.05. The molecule has 2 aromatic rings. The standard InChI is InChI=1S/2C9H12N2OS2.Zn/c2*1-6-2-3-7(4-10-6)8(12)5-11-9(13)14;/h2*2-4,8,12H,5H2,1H3,(H2,11,13,14);/q;;+2/p-2. The Morgan fingerprint density at radius 1 is 0.862 bits per heavy atom. The van der Waals surface area contributed by atoms with E-state index in [9.17, 15) is 10.2 Å². The summed E-state index contributed by atoms with van der Waals surface area (Å²) in [5.74, 6) is 0. The molecule has 11 heteroatoms. The van der Waals surface area contributed by atoms with Crippen LogP contribution in [0.4, 0.5) is 0 Å². The Hall–Kier alpha value is -0.937. The van der Waals surface area contributed by atoms with Gasteiger partial charge in [0.25, 0.3) is 0 Å². The summed E-state index contributed by atoms with van der Waals surface area (Å²) in [6.45, 7) is 4.44. The van der Waals surface area contributed by atoms with E-state index in [1.165, 1.54) is 0 Å². The molecule has 0 aliphatic rings. The van der Waals surface area contributed by atoms with E-state index < -0.39 is 12.2 Å². The maximum Gasteiger partial charge on any atom is 2.00 e. The van der Waals surface area contributed by atoms with Crippen molar-refractivity contribution in [2.45, 2.75) is 26.1 Å². The number of aliphatic hydroxyl groups excluding tert-OH is 2. The fourth-order valence-corrected chi connectivity index (χ4v) is 2.28. The molecule has 2 aromatic heterocycles. The Balaban J connectivity index is 0.000000523. The van der Waals surface area contributed by atoms with E-state index in [0.717, 1.165) is 22.5 Å². The molecule has 29 heavy (non-hydrogen) atoms. The van der Waals surface area contributed by atoms with Crippen molar-refractivity contribution in [1.29, 1.82) is 0 Å². The van der Waals surface area contributed by atoms with Gasteiger partial charge in [0, 0.05) is 48.0 Å². The number of hydrogen-bond acceptors (Lipinski definition) is 8. The SMILES string of the molecule is Cc1ccc(C(O)CNC(=S)[S-])cn1.Cc1ccc(C(O)CNC(=S)[S-])cn1.[Zn+2]. The first-order valence-electron chi connectivity index (χ1n) is 8.30. The number of aryl methyl sites for hydroxylation is 2. The van der Waals surface area contributed by atoms with Gasteiger partial charge in [0.2, 0.25) is 0 Å². The van der Waals surface area contributed by atoms with Crippen LogP contribution in [0.25, 0.3) is 0 Å². The molecule has 152 valence electrons. The number of nitrogens with one attached hydrogen (secondary N) is 2. The molecule has 6 nitrogen and oxygen atoms in total. The summed E-state index contributed by atoms with van der Waals surface area (Å²) in [5, 5.41) is 24.8. The van der Waals surface area contributed by atoms with Crippen LogP contribution in [-0.4, -0.2) is 41.9 Å². The summed E-state index contributed by atoms with van der Waals surface area (Å²) in [6, 6.07) is 7.37. The van der Waals surface area contributed by atoms with Crippen molar-refractivity contribution in [3.05, 3.63) is 59.2 Å². The van der Waals surface area contributed by atoms with E-state index >= 15 is 0 Å². The smallest absolute Gasteiger partial charge is 0.412 e. The number of rotatable bonds is 6. The van der Waals surface area contributed by atoms with Crippen LogP contribution in [0.5, 0.6) is 0 Å². The van der Waals surface area contributed by atoms with Gasteiger partial charge in [0.05, 0.1) is 12.2 Å². The third-order valence-electron chi connectivity index (χ3n) is 3.52. The maximum atomic E-state index is 9.65. The second kappa shape index (κ2) is 15.0. The van der Waals surface area contributed by atoms with Gasteiger partial charge < -0.3 is 70.5 Å². The van der Waals surface area contributed by atoms with Crippen LogP contribution in [0.3, 0.4) is 0 Å². The molecule has 2 rings (SSSR count). The largest absolute Gasteiger partial charge is 2.00 e. The molecule has 2 atom stereocenters. The number of hydrogen-bond donors (Lipinski definition) is 4. The van der Waals surface area contributed by atoms with Gasteiger partial charge in [-0.2, -0.15) is 0 Å². The van der Waals surface area contributed by atoms with Gasteiger partial charge >= 0.3 is 19.5 Å². The Morgan fingerprint density at radius 3 is 1.45 bits per heavy atom. The van der Waals surface area contributed by atoms with Crippen LogP contribution < -0.4 is 10.6 Å². The van der Waals surface area contributed by atoms with E-state index in [0.29, 0.717) is 13.1 Å². The van der Waals surface area contributed by atoms with E-state index in [-0.39, 0.29) is 28.1 Å². The van der Waals surface area contributed by atoms with Crippen LogP contribution in [-0.2, 0) is 44.7 Å². The van der Waals surface area contributed by atoms with Crippen LogP contribution in [0.15, 0.2) is 36.7 Å². The molecular weight excluding hydrogens is 498 g/mol. The summed E-state index contributed by atoms with van der Waals surface area (Å²) in [4.78, 5) is 8.16. The monoisotopic (exact) mass is 518 g/mol. The van der Waals surface area contributed by atoms with E-state index in [1.54, 1.807) is 12.4 Å². The molecular formula is C18H22N4O2S4Zn. The van der Waals surface area contributed by atoms with Gasteiger partial charge in [-0.25, -0.2) is 0 Å². The molecule has 0 amide bonds. The summed E-state index contributed by atoms with van der Waals surface area (Å²) in [5.41, 5.74) is 3.36. The molecule has 0 saturated carbocycles. The topological polar surface area (TPSA) is 90.3 Å². The molecule has 0 radical (unpaired) electrons. The van der Waals surface area contributed by atoms with E-state index in [1.807, 2.05) is 38.1 Å². The molecule has 0 aliphatic heterocycles. The minimum absolute atomic E-state index is 0. The molecule has 2 heterocycles. The number of thiocarbonyl (C=S) groups is 2. The van der Waals surface area contributed by atoms with Gasteiger partial charge in [0.1, 0.15) is 0 Å². The average molecular weight is 520 g/mol. The van der Waals surface area contributed by atoms with Gasteiger partial charge in [0.15, 0.2) is 0 Å². The van der Waals surface area contributed by atoms with Crippen LogP contribution in [0.1, 0.15) is 34.7 Å². The number of aromatic nitrogens is 2. The summed E-state index contributed by atoms with van der Waals surface area (Å²) in [7, 11) is 0. The predicted molar refractivity (Wildman–Crippen MR) is 124 cm³/mol. The Kier molecular flexibility index (Phi) is 14.5. The quantitative estimate of drug-likeness (QED) is 0.257. The minimum atomic E-state index is -0.621. The van der Waals surface area contributed by atoms with Gasteiger partial charge in [-0.05, 0) is 26.0 Å². The average Bonchev–Trinajstić information content (AvgIpc) is 2.65. The minimum Gasteiger partial charge on any atom is -0.412 e. The first-order chi connectivity index (χ1) is 13.2. The first kappa shape index (κ1) is 28.1. The van der Waals surface area contributed by atoms with Crippen molar-refractivity contribution in [3.8, 4) is 0 Å². The van der Waals surface area contributed by atoms with Crippen LogP contribution in [0, 0.1) is 13.8 Å². The normalized spacial score (nSPS) is 11.7. The Labute approximate surface area is 205 Å². The molecule has 0 spiro atoms. The number of aliphatic hydroxyl groups is 2. The molecule has 4 N–H and O–H groups in total. The Bertz CT molecular complexity index is 698. The van der Waals surface area contributed by atoms with Crippen molar-refractivity contribution in [2.24, 2.45) is 0 Å². The molecule has 0 saturated heterocycles. The van der Waals surface area contributed by atoms with Crippen molar-refractivity contribution in [1.82, 2.24) is 20.6 Å². The van der Waals surface area contributed by atoms with Crippen LogP contribution >= 0.6 is 24.4 Å². The number of nitrogens with zero attached hydrogens (tertiary/aromatic N) is 2. The Morgan fingerprint density at radius 2 is 1.21 bits per heavy atom. The zero-order valence-electron chi connectivity index (χ0n) is 16.2. The van der Waals surface area contributed by atoms with Crippen LogP contribution in [0.2, 0.25) is 0 Å². The second-order valence-electron chi connectivity index (χ2n) is 5.83. The molecule has 0 aromatic carbocycles. The molecule has 2 unspecified atom stereocenters. The molecule has 0 fully saturated rings. The molecule has 0 bridgehead atoms. The second-order valence-corrected chi connectivity index (χ2v) is 7.98. The van der Waals surface area contributed by atoms with Crippen molar-refractivity contribution in [2.75, 3.05) is 13.1 Å². The van der Waals surface area contributed by atoms with Crippen molar-refractivity contribution >= 4 is 58.3 Å². The summed E-state index contributed by atoms with van der Waals surface area (Å²) < 4.78 is 0.535. The number of pyridine rings is 2. The van der Waals surface area contributed by atoms with E-state index in [2.05, 4.69) is 70.3 Å². The van der Waals surface area contributed by atoms with Gasteiger partial charge in [-0.15, -0.1) is 0 Å². The molecule has 0 aliphatic carbocycles. The van der Waals surface area contributed by atoms with Gasteiger partial charge in [-0.3, -0.25) is 9.97 Å². The zero-order chi connectivity index (χ0) is 21.1. The van der Waals surface area contributed by atoms with Crippen molar-refractivity contribution in [3.63, 3.8) is 0 Å². The van der Waals surface area contributed by atoms with Gasteiger partial charge in [-0.1, -0.05) is 20.8 Å². The third kappa shape index (κ3) is 12.4. The first-order valence-corrected chi connectivity index (χ1v) is 9.93. The zero-order valence-corrected chi connectivity index (χ0v) is 22.4. The summed E-state index contributed by atoms with van der Waals surface area (Å²) >= 11 is 18.6. The maximum absolute atomic E-state index is 9.65. The fraction of sp³-hybridized carbons (Fsp3) is 0.333. The van der Waals surface area contributed by atoms with Crippen molar-refractivity contribution < 1.29 is 29.7 Å². The van der Waals surface area contributed by atoms with E-state index in [4.69, 9.17) is 0 Å².